The Morgan fingerprint density at radius 1 is 1.52 bits per heavy atom. The molecule has 0 radical (unpaired) electrons. The number of hydrogen-bond donors (Lipinski definition) is 3. The Kier molecular flexibility index (Phi) is 5.02. The summed E-state index contributed by atoms with van der Waals surface area (Å²) in [4.78, 5) is 21.6. The van der Waals surface area contributed by atoms with Crippen LogP contribution in [0, 0.1) is 5.41 Å². The van der Waals surface area contributed by atoms with E-state index in [4.69, 9.17) is 15.9 Å². The molecule has 23 heavy (non-hydrogen) atoms. The van der Waals surface area contributed by atoms with Crippen molar-refractivity contribution in [3.05, 3.63) is 18.1 Å². The van der Waals surface area contributed by atoms with E-state index in [0.717, 1.165) is 19.4 Å². The van der Waals surface area contributed by atoms with Crippen molar-refractivity contribution in [1.82, 2.24) is 20.2 Å². The Hall–Kier alpha value is -2.38. The predicted molar refractivity (Wildman–Crippen MR) is 87.2 cm³/mol. The molecule has 1 fully saturated rings. The van der Waals surface area contributed by atoms with Gasteiger partial charge >= 0.3 is 6.09 Å². The van der Waals surface area contributed by atoms with Crippen LogP contribution >= 0.6 is 0 Å². The van der Waals surface area contributed by atoms with Crippen molar-refractivity contribution in [2.75, 3.05) is 18.8 Å². The zero-order valence-corrected chi connectivity index (χ0v) is 13.8. The van der Waals surface area contributed by atoms with Gasteiger partial charge in [0.05, 0.1) is 5.56 Å². The van der Waals surface area contributed by atoms with Crippen molar-refractivity contribution in [3.8, 4) is 0 Å². The molecule has 0 aromatic carbocycles. The minimum atomic E-state index is -0.527. The maximum Gasteiger partial charge on any atom is 0.407 e. The van der Waals surface area contributed by atoms with E-state index in [9.17, 15) is 4.79 Å². The number of carbonyl (C=O) groups excluding carboxylic acids is 1. The fourth-order valence-corrected chi connectivity index (χ4v) is 2.46. The van der Waals surface area contributed by atoms with Crippen molar-refractivity contribution in [1.29, 1.82) is 5.41 Å². The molecular weight excluding hydrogens is 296 g/mol. The highest BCUT2D eigenvalue weighted by Gasteiger charge is 2.26. The van der Waals surface area contributed by atoms with Crippen LogP contribution in [0.4, 0.5) is 10.6 Å². The van der Waals surface area contributed by atoms with Gasteiger partial charge in [-0.3, -0.25) is 5.41 Å². The van der Waals surface area contributed by atoms with E-state index in [1.165, 1.54) is 12.5 Å². The molecule has 126 valence electrons. The van der Waals surface area contributed by atoms with Crippen LogP contribution in [0.2, 0.25) is 0 Å². The number of rotatable bonds is 2. The number of nitrogens with two attached hydrogens (primary N) is 1. The van der Waals surface area contributed by atoms with Gasteiger partial charge in [-0.1, -0.05) is 0 Å². The summed E-state index contributed by atoms with van der Waals surface area (Å²) in [6.45, 7) is 6.75. The third kappa shape index (κ3) is 4.80. The van der Waals surface area contributed by atoms with Crippen LogP contribution in [0.25, 0.3) is 0 Å². The minimum Gasteiger partial charge on any atom is -0.444 e. The second-order valence-corrected chi connectivity index (χ2v) is 6.60. The number of anilines is 1. The second-order valence-electron chi connectivity index (χ2n) is 6.60. The first-order valence-corrected chi connectivity index (χ1v) is 7.65. The van der Waals surface area contributed by atoms with Crippen LogP contribution < -0.4 is 11.1 Å². The zero-order valence-electron chi connectivity index (χ0n) is 13.8. The third-order valence-corrected chi connectivity index (χ3v) is 3.46. The molecule has 0 saturated carbocycles. The van der Waals surface area contributed by atoms with E-state index in [1.807, 2.05) is 25.7 Å². The molecule has 4 N–H and O–H groups in total. The number of piperidine rings is 1. The molecule has 0 bridgehead atoms. The number of likely N-dealkylation sites (tertiary alicyclic amines) is 1. The van der Waals surface area contributed by atoms with E-state index < -0.39 is 11.7 Å². The molecule has 0 aliphatic carbocycles. The lowest BCUT2D eigenvalue weighted by Gasteiger charge is -2.35. The number of alkyl carbamates (subject to hydrolysis) is 1. The van der Waals surface area contributed by atoms with Gasteiger partial charge in [0.15, 0.2) is 0 Å². The topological polar surface area (TPSA) is 117 Å². The standard InChI is InChI=1S/C15H24N6O2/c1-15(2,3)23-14(22)20-10-5-4-6-21(8-10)13(17)11-7-18-9-19-12(11)16/h7,9-10,17H,4-6,8H2,1-3H3,(H,20,22)(H2,16,18,19). The molecule has 8 heteroatoms. The maximum atomic E-state index is 11.9. The van der Waals surface area contributed by atoms with Gasteiger partial charge in [0.1, 0.15) is 23.6 Å². The molecule has 1 atom stereocenters. The van der Waals surface area contributed by atoms with Crippen LogP contribution in [0.1, 0.15) is 39.2 Å². The summed E-state index contributed by atoms with van der Waals surface area (Å²) in [5.41, 5.74) is 5.78. The number of ether oxygens (including phenoxy) is 1. The number of amidine groups is 1. The molecule has 1 aromatic heterocycles. The van der Waals surface area contributed by atoms with Crippen LogP contribution in [0.5, 0.6) is 0 Å². The zero-order chi connectivity index (χ0) is 17.0. The van der Waals surface area contributed by atoms with Gasteiger partial charge in [-0.2, -0.15) is 0 Å². The fraction of sp³-hybridized carbons (Fsp3) is 0.600. The van der Waals surface area contributed by atoms with E-state index in [-0.39, 0.29) is 17.7 Å². The summed E-state index contributed by atoms with van der Waals surface area (Å²) in [7, 11) is 0. The van der Waals surface area contributed by atoms with Crippen LogP contribution in [0.3, 0.4) is 0 Å². The Balaban J connectivity index is 1.97. The molecule has 1 aliphatic rings. The smallest absolute Gasteiger partial charge is 0.407 e. The Labute approximate surface area is 135 Å². The van der Waals surface area contributed by atoms with Crippen molar-refractivity contribution < 1.29 is 9.53 Å². The molecule has 1 saturated heterocycles. The number of amides is 1. The van der Waals surface area contributed by atoms with Gasteiger partial charge in [0.25, 0.3) is 0 Å². The van der Waals surface area contributed by atoms with Crippen molar-refractivity contribution in [2.45, 2.75) is 45.3 Å². The van der Waals surface area contributed by atoms with Gasteiger partial charge in [0, 0.05) is 25.3 Å². The van der Waals surface area contributed by atoms with Crippen molar-refractivity contribution >= 4 is 17.7 Å². The molecule has 2 heterocycles. The summed E-state index contributed by atoms with van der Waals surface area (Å²) < 4.78 is 5.28. The van der Waals surface area contributed by atoms with Crippen LogP contribution in [-0.2, 0) is 4.74 Å². The Morgan fingerprint density at radius 3 is 2.91 bits per heavy atom. The predicted octanol–water partition coefficient (Wildman–Crippen LogP) is 1.37. The largest absolute Gasteiger partial charge is 0.444 e. The van der Waals surface area contributed by atoms with Crippen LogP contribution in [-0.4, -0.2) is 51.5 Å². The molecule has 8 nitrogen and oxygen atoms in total. The summed E-state index contributed by atoms with van der Waals surface area (Å²) >= 11 is 0. The van der Waals surface area contributed by atoms with E-state index in [0.29, 0.717) is 12.1 Å². The van der Waals surface area contributed by atoms with Crippen LogP contribution in [0.15, 0.2) is 12.5 Å². The summed E-state index contributed by atoms with van der Waals surface area (Å²) in [6, 6.07) is -0.0650. The van der Waals surface area contributed by atoms with E-state index in [1.54, 1.807) is 0 Å². The highest BCUT2D eigenvalue weighted by molar-refractivity contribution is 5.99. The molecule has 1 amide bonds. The SMILES string of the molecule is CC(C)(C)OC(=O)NC1CCCN(C(=N)c2cncnc2N)C1. The highest BCUT2D eigenvalue weighted by atomic mass is 16.6. The highest BCUT2D eigenvalue weighted by Crippen LogP contribution is 2.16. The van der Waals surface area contributed by atoms with Gasteiger partial charge in [-0.05, 0) is 33.6 Å². The number of aromatic nitrogens is 2. The first kappa shape index (κ1) is 17.0. The normalized spacial score (nSPS) is 18.4. The number of carbonyl (C=O) groups is 1. The quantitative estimate of drug-likeness (QED) is 0.559. The average molecular weight is 320 g/mol. The summed E-state index contributed by atoms with van der Waals surface area (Å²) in [5.74, 6) is 0.561. The molecule has 1 aliphatic heterocycles. The monoisotopic (exact) mass is 320 g/mol. The average Bonchev–Trinajstić information content (AvgIpc) is 2.45. The first-order chi connectivity index (χ1) is 10.8. The Bertz CT molecular complexity index is 584. The summed E-state index contributed by atoms with van der Waals surface area (Å²) in [5, 5.41) is 11.2. The molecular formula is C15H24N6O2. The molecule has 1 aromatic rings. The van der Waals surface area contributed by atoms with Gasteiger partial charge < -0.3 is 20.7 Å². The lowest BCUT2D eigenvalue weighted by molar-refractivity contribution is 0.0485. The maximum absolute atomic E-state index is 11.9. The number of nitrogens with zero attached hydrogens (tertiary/aromatic N) is 3. The Morgan fingerprint density at radius 2 is 2.26 bits per heavy atom. The second kappa shape index (κ2) is 6.80. The third-order valence-electron chi connectivity index (χ3n) is 3.46. The van der Waals surface area contributed by atoms with Gasteiger partial charge in [-0.25, -0.2) is 14.8 Å². The number of nitrogen functional groups attached to an aromatic ring is 1. The van der Waals surface area contributed by atoms with E-state index in [2.05, 4.69) is 15.3 Å². The first-order valence-electron chi connectivity index (χ1n) is 7.65. The number of hydrogen-bond acceptors (Lipinski definition) is 6. The minimum absolute atomic E-state index is 0.0650. The molecule has 2 rings (SSSR count). The van der Waals surface area contributed by atoms with Crippen molar-refractivity contribution in [3.63, 3.8) is 0 Å². The molecule has 1 unspecified atom stereocenters. The fourth-order valence-electron chi connectivity index (χ4n) is 2.46. The van der Waals surface area contributed by atoms with E-state index >= 15 is 0 Å². The van der Waals surface area contributed by atoms with Crippen molar-refractivity contribution in [2.24, 2.45) is 0 Å². The molecule has 0 spiro atoms. The lowest BCUT2D eigenvalue weighted by atomic mass is 10.0. The van der Waals surface area contributed by atoms with Gasteiger partial charge in [0.2, 0.25) is 0 Å². The summed E-state index contributed by atoms with van der Waals surface area (Å²) in [6.07, 6.45) is 4.18. The number of nitrogens with one attached hydrogen (secondary N) is 2. The lowest BCUT2D eigenvalue weighted by Crippen LogP contribution is -2.50. The van der Waals surface area contributed by atoms with Gasteiger partial charge in [-0.15, -0.1) is 0 Å².